The molecule has 0 spiro atoms. The minimum Gasteiger partial charge on any atom is -0.493 e. The molecular formula is C22H25ClN2O2. The number of fused-ring (bicyclic) bond motifs is 1. The van der Waals surface area contributed by atoms with Crippen molar-refractivity contribution < 1.29 is 5.11 Å². The highest BCUT2D eigenvalue weighted by Crippen LogP contribution is 2.37. The van der Waals surface area contributed by atoms with Gasteiger partial charge in [-0.2, -0.15) is 0 Å². The maximum absolute atomic E-state index is 12.7. The predicted octanol–water partition coefficient (Wildman–Crippen LogP) is 5.39. The third-order valence-electron chi connectivity index (χ3n) is 4.89. The van der Waals surface area contributed by atoms with Crippen LogP contribution in [0.15, 0.2) is 41.2 Å². The second kappa shape index (κ2) is 7.65. The highest BCUT2D eigenvalue weighted by atomic mass is 35.5. The summed E-state index contributed by atoms with van der Waals surface area (Å²) in [5, 5.41) is 11.1. The van der Waals surface area contributed by atoms with Gasteiger partial charge < -0.3 is 5.11 Å². The van der Waals surface area contributed by atoms with Crippen molar-refractivity contribution in [1.82, 2.24) is 9.36 Å². The number of hydrogen-bond donors (Lipinski definition) is 1. The fourth-order valence-electron chi connectivity index (χ4n) is 3.54. The first-order valence-corrected chi connectivity index (χ1v) is 9.75. The number of nitrogens with zero attached hydrogens (tertiary/aromatic N) is 2. The molecule has 142 valence electrons. The minimum absolute atomic E-state index is 0.0322. The summed E-state index contributed by atoms with van der Waals surface area (Å²) in [7, 11) is 0. The lowest BCUT2D eigenvalue weighted by molar-refractivity contribution is 0.399. The van der Waals surface area contributed by atoms with Crippen LogP contribution < -0.4 is 5.56 Å². The van der Waals surface area contributed by atoms with Crippen LogP contribution in [0.4, 0.5) is 0 Å². The van der Waals surface area contributed by atoms with Crippen molar-refractivity contribution in [2.75, 3.05) is 0 Å². The van der Waals surface area contributed by atoms with E-state index in [9.17, 15) is 9.90 Å². The van der Waals surface area contributed by atoms with E-state index in [1.54, 1.807) is 15.4 Å². The van der Waals surface area contributed by atoms with Crippen LogP contribution in [0.25, 0.3) is 22.3 Å². The van der Waals surface area contributed by atoms with Crippen molar-refractivity contribution in [1.29, 1.82) is 0 Å². The molecule has 1 aromatic heterocycles. The van der Waals surface area contributed by atoms with Crippen LogP contribution in [0.3, 0.4) is 0 Å². The molecule has 27 heavy (non-hydrogen) atoms. The summed E-state index contributed by atoms with van der Waals surface area (Å²) in [5.41, 5.74) is 4.94. The SMILES string of the molecule is CC.Cc1ccc(-c2cc(C)c(-c3c(O)n4n(c3=O)CCC4)cc2Cl)cc1. The first-order chi connectivity index (χ1) is 13.0. The first-order valence-electron chi connectivity index (χ1n) is 9.37. The van der Waals surface area contributed by atoms with Gasteiger partial charge in [0.25, 0.3) is 5.56 Å². The molecule has 3 aromatic rings. The molecule has 1 aliphatic rings. The molecule has 2 aromatic carbocycles. The van der Waals surface area contributed by atoms with Crippen LogP contribution in [0, 0.1) is 13.8 Å². The van der Waals surface area contributed by atoms with Gasteiger partial charge in [0.2, 0.25) is 5.88 Å². The molecule has 1 N–H and O–H groups in total. The molecule has 5 heteroatoms. The third kappa shape index (κ3) is 3.30. The molecule has 0 unspecified atom stereocenters. The Morgan fingerprint density at radius 2 is 1.59 bits per heavy atom. The smallest absolute Gasteiger partial charge is 0.278 e. The second-order valence-corrected chi connectivity index (χ2v) is 7.02. The lowest BCUT2D eigenvalue weighted by atomic mass is 9.96. The molecule has 0 atom stereocenters. The van der Waals surface area contributed by atoms with Gasteiger partial charge in [-0.05, 0) is 49.1 Å². The molecule has 0 saturated carbocycles. The van der Waals surface area contributed by atoms with Crippen molar-refractivity contribution in [2.24, 2.45) is 0 Å². The monoisotopic (exact) mass is 384 g/mol. The summed E-state index contributed by atoms with van der Waals surface area (Å²) in [6, 6.07) is 11.9. The summed E-state index contributed by atoms with van der Waals surface area (Å²) in [5.74, 6) is 0.0322. The molecular weight excluding hydrogens is 360 g/mol. The second-order valence-electron chi connectivity index (χ2n) is 6.62. The van der Waals surface area contributed by atoms with E-state index in [2.05, 4.69) is 0 Å². The van der Waals surface area contributed by atoms with E-state index in [1.165, 1.54) is 5.56 Å². The maximum atomic E-state index is 12.7. The van der Waals surface area contributed by atoms with Crippen LogP contribution in [0.5, 0.6) is 5.88 Å². The van der Waals surface area contributed by atoms with Crippen LogP contribution in [0.1, 0.15) is 31.4 Å². The van der Waals surface area contributed by atoms with Crippen molar-refractivity contribution in [3.63, 3.8) is 0 Å². The summed E-state index contributed by atoms with van der Waals surface area (Å²) in [4.78, 5) is 12.7. The lowest BCUT2D eigenvalue weighted by Gasteiger charge is -2.11. The Labute approximate surface area is 164 Å². The highest BCUT2D eigenvalue weighted by Gasteiger charge is 2.25. The molecule has 4 nitrogen and oxygen atoms in total. The number of rotatable bonds is 2. The lowest BCUT2D eigenvalue weighted by Crippen LogP contribution is -2.17. The maximum Gasteiger partial charge on any atom is 0.278 e. The molecule has 0 aliphatic carbocycles. The van der Waals surface area contributed by atoms with Crippen LogP contribution in [0.2, 0.25) is 5.02 Å². The molecule has 0 fully saturated rings. The van der Waals surface area contributed by atoms with Gasteiger partial charge in [-0.25, -0.2) is 4.68 Å². The van der Waals surface area contributed by atoms with Crippen molar-refractivity contribution in [2.45, 2.75) is 47.2 Å². The minimum atomic E-state index is -0.155. The van der Waals surface area contributed by atoms with Gasteiger partial charge in [0.05, 0.1) is 0 Å². The summed E-state index contributed by atoms with van der Waals surface area (Å²) in [6.07, 6.45) is 0.870. The first kappa shape index (κ1) is 19.3. The molecule has 2 heterocycles. The zero-order chi connectivity index (χ0) is 19.7. The zero-order valence-electron chi connectivity index (χ0n) is 16.2. The molecule has 0 saturated heterocycles. The number of aromatic hydroxyl groups is 1. The number of halogens is 1. The Bertz CT molecular complexity index is 1030. The van der Waals surface area contributed by atoms with E-state index in [1.807, 2.05) is 58.0 Å². The van der Waals surface area contributed by atoms with Crippen LogP contribution in [-0.4, -0.2) is 14.5 Å². The summed E-state index contributed by atoms with van der Waals surface area (Å²) in [6.45, 7) is 9.29. The van der Waals surface area contributed by atoms with Crippen molar-refractivity contribution >= 4 is 11.6 Å². The predicted molar refractivity (Wildman–Crippen MR) is 112 cm³/mol. The van der Waals surface area contributed by atoms with Gasteiger partial charge in [0, 0.05) is 23.7 Å². The number of hydrogen-bond acceptors (Lipinski definition) is 2. The van der Waals surface area contributed by atoms with E-state index in [0.717, 1.165) is 23.1 Å². The topological polar surface area (TPSA) is 47.2 Å². The quantitative estimate of drug-likeness (QED) is 0.643. The molecule has 1 aliphatic heterocycles. The van der Waals surface area contributed by atoms with Gasteiger partial charge in [-0.15, -0.1) is 0 Å². The number of aromatic nitrogens is 2. The van der Waals surface area contributed by atoms with Crippen molar-refractivity contribution in [3.8, 4) is 28.1 Å². The average Bonchev–Trinajstić information content (AvgIpc) is 3.24. The Morgan fingerprint density at radius 3 is 2.22 bits per heavy atom. The van der Waals surface area contributed by atoms with E-state index in [4.69, 9.17) is 11.6 Å². The van der Waals surface area contributed by atoms with Crippen LogP contribution >= 0.6 is 11.6 Å². The van der Waals surface area contributed by atoms with Gasteiger partial charge in [-0.1, -0.05) is 55.3 Å². The highest BCUT2D eigenvalue weighted by molar-refractivity contribution is 6.33. The van der Waals surface area contributed by atoms with Crippen LogP contribution in [-0.2, 0) is 13.1 Å². The molecule has 0 bridgehead atoms. The summed E-state index contributed by atoms with van der Waals surface area (Å²) >= 11 is 6.53. The molecule has 0 radical (unpaired) electrons. The summed E-state index contributed by atoms with van der Waals surface area (Å²) < 4.78 is 3.25. The molecule has 0 amide bonds. The largest absolute Gasteiger partial charge is 0.493 e. The van der Waals surface area contributed by atoms with Gasteiger partial charge in [0.15, 0.2) is 0 Å². The van der Waals surface area contributed by atoms with Gasteiger partial charge in [-0.3, -0.25) is 9.48 Å². The zero-order valence-corrected chi connectivity index (χ0v) is 17.0. The van der Waals surface area contributed by atoms with E-state index in [-0.39, 0.29) is 11.4 Å². The normalized spacial score (nSPS) is 12.5. The fourth-order valence-corrected chi connectivity index (χ4v) is 3.81. The van der Waals surface area contributed by atoms with Gasteiger partial charge >= 0.3 is 0 Å². The van der Waals surface area contributed by atoms with E-state index in [0.29, 0.717) is 29.2 Å². The Balaban J connectivity index is 0.00000102. The Kier molecular flexibility index (Phi) is 5.47. The molecule has 4 rings (SSSR count). The standard InChI is InChI=1S/C20H19ClN2O2.C2H6/c1-12-4-6-14(7-5-12)16-10-13(2)15(11-17(16)21)18-19(24)22-8-3-9-23(22)20(18)25;1-2/h4-7,10-11,24H,3,8-9H2,1-2H3;1-2H3. The Hall–Kier alpha value is -2.46. The Morgan fingerprint density at radius 1 is 0.963 bits per heavy atom. The number of benzene rings is 2. The third-order valence-corrected chi connectivity index (χ3v) is 5.21. The average molecular weight is 385 g/mol. The fraction of sp³-hybridized carbons (Fsp3) is 0.318. The van der Waals surface area contributed by atoms with Crippen molar-refractivity contribution in [3.05, 3.63) is 62.9 Å². The number of aryl methyl sites for hydroxylation is 2. The van der Waals surface area contributed by atoms with E-state index >= 15 is 0 Å². The van der Waals surface area contributed by atoms with E-state index < -0.39 is 0 Å². The van der Waals surface area contributed by atoms with Gasteiger partial charge in [0.1, 0.15) is 5.56 Å².